The number of carbonyl (C=O) groups excluding carboxylic acids is 2. The van der Waals surface area contributed by atoms with Gasteiger partial charge in [0.1, 0.15) is 6.04 Å². The summed E-state index contributed by atoms with van der Waals surface area (Å²) in [6.45, 7) is 6.79. The first kappa shape index (κ1) is 23.3. The number of benzene rings is 2. The van der Waals surface area contributed by atoms with Gasteiger partial charge in [0.25, 0.3) is 0 Å². The second-order valence-corrected chi connectivity index (χ2v) is 8.63. The van der Waals surface area contributed by atoms with Gasteiger partial charge in [0.15, 0.2) is 0 Å². The Morgan fingerprint density at radius 3 is 2.55 bits per heavy atom. The summed E-state index contributed by atoms with van der Waals surface area (Å²) in [5.74, 6) is 0.495. The molecule has 0 unspecified atom stereocenters. The van der Waals surface area contributed by atoms with Crippen molar-refractivity contribution < 1.29 is 9.59 Å². The van der Waals surface area contributed by atoms with Crippen molar-refractivity contribution in [3.05, 3.63) is 64.7 Å². The minimum absolute atomic E-state index is 0.0382. The van der Waals surface area contributed by atoms with Crippen LogP contribution >= 0.6 is 23.4 Å². The molecule has 0 radical (unpaired) electrons. The van der Waals surface area contributed by atoms with E-state index in [1.54, 1.807) is 29.7 Å². The van der Waals surface area contributed by atoms with Crippen LogP contribution in [-0.2, 0) is 16.1 Å². The second-order valence-electron chi connectivity index (χ2n) is 7.03. The number of aryl methyl sites for hydroxylation is 1. The maximum absolute atomic E-state index is 13.0. The second kappa shape index (κ2) is 11.9. The Morgan fingerprint density at radius 1 is 1.17 bits per heavy atom. The number of thioether (sulfide) groups is 1. The number of carbonyl (C=O) groups is 2. The molecule has 2 aromatic carbocycles. The van der Waals surface area contributed by atoms with Crippen LogP contribution in [0.15, 0.2) is 53.4 Å². The smallest absolute Gasteiger partial charge is 0.242 e. The molecule has 1 N–H and O–H groups in total. The van der Waals surface area contributed by atoms with E-state index in [-0.39, 0.29) is 11.8 Å². The van der Waals surface area contributed by atoms with Crippen molar-refractivity contribution >= 4 is 35.2 Å². The Bertz CT molecular complexity index is 811. The molecule has 0 fully saturated rings. The highest BCUT2D eigenvalue weighted by atomic mass is 35.5. The lowest BCUT2D eigenvalue weighted by atomic mass is 10.1. The van der Waals surface area contributed by atoms with Crippen LogP contribution in [0.25, 0.3) is 0 Å². The molecule has 0 aliphatic carbocycles. The van der Waals surface area contributed by atoms with Crippen LogP contribution in [0.2, 0.25) is 5.02 Å². The standard InChI is InChI=1S/C23H29ClN2O2S/c1-4-13-25-23(28)18(3)26(16-19-6-5-7-20(24)15-19)22(27)12-14-29-21-10-8-17(2)9-11-21/h5-11,15,18H,4,12-14,16H2,1-3H3,(H,25,28)/t18-/m0/s1. The molecule has 0 saturated heterocycles. The SMILES string of the molecule is CCCNC(=O)[C@H](C)N(Cc1cccc(Cl)c1)C(=O)CCSc1ccc(C)cc1. The molecule has 2 aromatic rings. The van der Waals surface area contributed by atoms with Crippen molar-refractivity contribution in [1.29, 1.82) is 0 Å². The number of halogens is 1. The third-order valence-corrected chi connectivity index (χ3v) is 5.81. The Hall–Kier alpha value is -1.98. The zero-order chi connectivity index (χ0) is 21.2. The summed E-state index contributed by atoms with van der Waals surface area (Å²) in [4.78, 5) is 28.3. The van der Waals surface area contributed by atoms with Gasteiger partial charge in [0, 0.05) is 35.2 Å². The summed E-state index contributed by atoms with van der Waals surface area (Å²) in [5.41, 5.74) is 2.12. The van der Waals surface area contributed by atoms with Crippen LogP contribution in [-0.4, -0.2) is 35.1 Å². The van der Waals surface area contributed by atoms with Crippen LogP contribution in [0, 0.1) is 6.92 Å². The summed E-state index contributed by atoms with van der Waals surface area (Å²) in [5, 5.41) is 3.51. The highest BCUT2D eigenvalue weighted by Crippen LogP contribution is 2.21. The fourth-order valence-corrected chi connectivity index (χ4v) is 3.90. The molecule has 0 aliphatic heterocycles. The van der Waals surface area contributed by atoms with E-state index in [0.717, 1.165) is 16.9 Å². The number of hydrogen-bond donors (Lipinski definition) is 1. The summed E-state index contributed by atoms with van der Waals surface area (Å²) >= 11 is 7.74. The first-order valence-corrected chi connectivity index (χ1v) is 11.3. The maximum atomic E-state index is 13.0. The molecule has 0 aliphatic rings. The average Bonchev–Trinajstić information content (AvgIpc) is 2.71. The summed E-state index contributed by atoms with van der Waals surface area (Å²) in [7, 11) is 0. The third-order valence-electron chi connectivity index (χ3n) is 4.56. The predicted octanol–water partition coefficient (Wildman–Crippen LogP) is 5.07. The molecule has 1 atom stereocenters. The van der Waals surface area contributed by atoms with Crippen LogP contribution in [0.5, 0.6) is 0 Å². The molecule has 0 aromatic heterocycles. The van der Waals surface area contributed by atoms with Gasteiger partial charge in [-0.15, -0.1) is 11.8 Å². The van der Waals surface area contributed by atoms with Crippen molar-refractivity contribution in [2.24, 2.45) is 0 Å². The fourth-order valence-electron chi connectivity index (χ4n) is 2.84. The lowest BCUT2D eigenvalue weighted by molar-refractivity contribution is -0.140. The van der Waals surface area contributed by atoms with E-state index in [2.05, 4.69) is 36.5 Å². The van der Waals surface area contributed by atoms with Crippen molar-refractivity contribution in [2.45, 2.75) is 51.1 Å². The zero-order valence-corrected chi connectivity index (χ0v) is 18.9. The topological polar surface area (TPSA) is 49.4 Å². The summed E-state index contributed by atoms with van der Waals surface area (Å²) < 4.78 is 0. The Labute approximate surface area is 183 Å². The number of nitrogens with zero attached hydrogens (tertiary/aromatic N) is 1. The van der Waals surface area contributed by atoms with E-state index < -0.39 is 6.04 Å². The summed E-state index contributed by atoms with van der Waals surface area (Å²) in [6, 6.07) is 15.1. The Morgan fingerprint density at radius 2 is 1.90 bits per heavy atom. The van der Waals surface area contributed by atoms with Gasteiger partial charge in [-0.2, -0.15) is 0 Å². The molecule has 156 valence electrons. The summed E-state index contributed by atoms with van der Waals surface area (Å²) in [6.07, 6.45) is 1.22. The quantitative estimate of drug-likeness (QED) is 0.533. The van der Waals surface area contributed by atoms with E-state index in [1.807, 2.05) is 25.1 Å². The molecule has 0 bridgehead atoms. The highest BCUT2D eigenvalue weighted by Gasteiger charge is 2.25. The van der Waals surface area contributed by atoms with Crippen molar-refractivity contribution in [1.82, 2.24) is 10.2 Å². The molecule has 2 amide bonds. The van der Waals surface area contributed by atoms with Gasteiger partial charge in [0.05, 0.1) is 0 Å². The zero-order valence-electron chi connectivity index (χ0n) is 17.3. The largest absolute Gasteiger partial charge is 0.354 e. The monoisotopic (exact) mass is 432 g/mol. The van der Waals surface area contributed by atoms with Gasteiger partial charge < -0.3 is 10.2 Å². The maximum Gasteiger partial charge on any atom is 0.242 e. The van der Waals surface area contributed by atoms with Gasteiger partial charge in [0.2, 0.25) is 11.8 Å². The molecule has 0 heterocycles. The van der Waals surface area contributed by atoms with Crippen LogP contribution in [0.3, 0.4) is 0 Å². The van der Waals surface area contributed by atoms with Crippen molar-refractivity contribution in [3.8, 4) is 0 Å². The van der Waals surface area contributed by atoms with Gasteiger partial charge in [-0.05, 0) is 50.1 Å². The van der Waals surface area contributed by atoms with E-state index in [1.165, 1.54) is 5.56 Å². The molecule has 2 rings (SSSR count). The number of hydrogen-bond acceptors (Lipinski definition) is 3. The van der Waals surface area contributed by atoms with Gasteiger partial charge >= 0.3 is 0 Å². The number of amides is 2. The van der Waals surface area contributed by atoms with Crippen molar-refractivity contribution in [3.63, 3.8) is 0 Å². The lowest BCUT2D eigenvalue weighted by Gasteiger charge is -2.29. The first-order chi connectivity index (χ1) is 13.9. The first-order valence-electron chi connectivity index (χ1n) is 9.91. The third kappa shape index (κ3) is 7.75. The minimum Gasteiger partial charge on any atom is -0.354 e. The van der Waals surface area contributed by atoms with Gasteiger partial charge in [-0.3, -0.25) is 9.59 Å². The average molecular weight is 433 g/mol. The Balaban J connectivity index is 2.04. The van der Waals surface area contributed by atoms with Crippen LogP contribution < -0.4 is 5.32 Å². The van der Waals surface area contributed by atoms with E-state index in [9.17, 15) is 9.59 Å². The fraction of sp³-hybridized carbons (Fsp3) is 0.391. The van der Waals surface area contributed by atoms with Gasteiger partial charge in [-0.1, -0.05) is 48.4 Å². The van der Waals surface area contributed by atoms with Crippen LogP contribution in [0.4, 0.5) is 0 Å². The van der Waals surface area contributed by atoms with E-state index >= 15 is 0 Å². The van der Waals surface area contributed by atoms with Gasteiger partial charge in [-0.25, -0.2) is 0 Å². The molecule has 0 spiro atoms. The van der Waals surface area contributed by atoms with E-state index in [4.69, 9.17) is 11.6 Å². The molecule has 29 heavy (non-hydrogen) atoms. The van der Waals surface area contributed by atoms with E-state index in [0.29, 0.717) is 30.3 Å². The highest BCUT2D eigenvalue weighted by molar-refractivity contribution is 7.99. The minimum atomic E-state index is -0.544. The lowest BCUT2D eigenvalue weighted by Crippen LogP contribution is -2.47. The molecule has 0 saturated carbocycles. The molecule has 6 heteroatoms. The molecular formula is C23H29ClN2O2S. The Kier molecular flexibility index (Phi) is 9.55. The van der Waals surface area contributed by atoms with Crippen molar-refractivity contribution in [2.75, 3.05) is 12.3 Å². The molecular weight excluding hydrogens is 404 g/mol. The normalized spacial score (nSPS) is 11.7. The number of rotatable bonds is 10. The number of nitrogens with one attached hydrogen (secondary N) is 1. The van der Waals surface area contributed by atoms with Crippen LogP contribution in [0.1, 0.15) is 37.8 Å². The predicted molar refractivity (Wildman–Crippen MR) is 121 cm³/mol. The molecule has 4 nitrogen and oxygen atoms in total.